The van der Waals surface area contributed by atoms with Gasteiger partial charge in [-0.1, -0.05) is 12.1 Å². The zero-order valence-corrected chi connectivity index (χ0v) is 12.7. The van der Waals surface area contributed by atoms with Gasteiger partial charge in [0, 0.05) is 26.8 Å². The molecule has 20 heavy (non-hydrogen) atoms. The molecule has 0 saturated carbocycles. The van der Waals surface area contributed by atoms with E-state index in [1.807, 2.05) is 19.9 Å². The highest BCUT2D eigenvalue weighted by Crippen LogP contribution is 2.20. The Morgan fingerprint density at radius 1 is 1.25 bits per heavy atom. The Morgan fingerprint density at radius 2 is 2.05 bits per heavy atom. The molecule has 0 radical (unpaired) electrons. The van der Waals surface area contributed by atoms with E-state index in [9.17, 15) is 4.39 Å². The molecule has 1 atom stereocenters. The third-order valence-corrected chi connectivity index (χ3v) is 3.11. The van der Waals surface area contributed by atoms with Gasteiger partial charge in [0.25, 0.3) is 0 Å². The van der Waals surface area contributed by atoms with Crippen molar-refractivity contribution in [3.05, 3.63) is 35.6 Å². The van der Waals surface area contributed by atoms with Crippen LogP contribution in [-0.2, 0) is 9.47 Å². The molecule has 0 aliphatic rings. The maximum Gasteiger partial charge on any atom is 0.123 e. The summed E-state index contributed by atoms with van der Waals surface area (Å²) >= 11 is 0. The number of halogens is 1. The van der Waals surface area contributed by atoms with Crippen molar-refractivity contribution in [3.8, 4) is 0 Å². The highest BCUT2D eigenvalue weighted by molar-refractivity contribution is 5.21. The summed E-state index contributed by atoms with van der Waals surface area (Å²) in [6, 6.07) is 6.82. The van der Waals surface area contributed by atoms with Crippen molar-refractivity contribution in [2.24, 2.45) is 0 Å². The van der Waals surface area contributed by atoms with E-state index in [1.165, 1.54) is 6.07 Å². The monoisotopic (exact) mass is 283 g/mol. The number of methoxy groups -OCH3 is 1. The molecule has 0 heterocycles. The Morgan fingerprint density at radius 3 is 2.70 bits per heavy atom. The van der Waals surface area contributed by atoms with E-state index >= 15 is 0 Å². The SMILES string of the molecule is COCCNCC(CCOC(C)C)c1cccc(F)c1. The predicted molar refractivity (Wildman–Crippen MR) is 79.6 cm³/mol. The molecule has 114 valence electrons. The normalized spacial score (nSPS) is 12.8. The van der Waals surface area contributed by atoms with Gasteiger partial charge in [0.2, 0.25) is 0 Å². The van der Waals surface area contributed by atoms with E-state index in [0.717, 1.165) is 25.1 Å². The topological polar surface area (TPSA) is 30.5 Å². The molecule has 0 spiro atoms. The minimum atomic E-state index is -0.186. The van der Waals surface area contributed by atoms with Crippen LogP contribution >= 0.6 is 0 Å². The molecule has 0 fully saturated rings. The maximum atomic E-state index is 13.3. The number of hydrogen-bond donors (Lipinski definition) is 1. The van der Waals surface area contributed by atoms with Crippen LogP contribution in [0, 0.1) is 5.82 Å². The smallest absolute Gasteiger partial charge is 0.123 e. The van der Waals surface area contributed by atoms with Crippen molar-refractivity contribution in [2.75, 3.05) is 33.4 Å². The lowest BCUT2D eigenvalue weighted by molar-refractivity contribution is 0.0731. The molecule has 1 unspecified atom stereocenters. The molecule has 0 amide bonds. The minimum absolute atomic E-state index is 0.186. The van der Waals surface area contributed by atoms with E-state index in [0.29, 0.717) is 13.2 Å². The van der Waals surface area contributed by atoms with Gasteiger partial charge in [-0.3, -0.25) is 0 Å². The Bertz CT molecular complexity index is 371. The summed E-state index contributed by atoms with van der Waals surface area (Å²) < 4.78 is 24.0. The number of rotatable bonds is 10. The molecule has 0 aromatic heterocycles. The first-order chi connectivity index (χ1) is 9.63. The van der Waals surface area contributed by atoms with Gasteiger partial charge in [-0.15, -0.1) is 0 Å². The summed E-state index contributed by atoms with van der Waals surface area (Å²) in [4.78, 5) is 0. The van der Waals surface area contributed by atoms with Gasteiger partial charge >= 0.3 is 0 Å². The molecule has 1 aromatic rings. The third-order valence-electron chi connectivity index (χ3n) is 3.11. The fourth-order valence-corrected chi connectivity index (χ4v) is 2.04. The van der Waals surface area contributed by atoms with E-state index in [2.05, 4.69) is 5.32 Å². The van der Waals surface area contributed by atoms with Crippen LogP contribution in [0.4, 0.5) is 4.39 Å². The second kappa shape index (κ2) is 9.86. The van der Waals surface area contributed by atoms with Gasteiger partial charge in [-0.05, 0) is 43.9 Å². The second-order valence-electron chi connectivity index (χ2n) is 5.16. The summed E-state index contributed by atoms with van der Waals surface area (Å²) in [6.45, 7) is 7.01. The van der Waals surface area contributed by atoms with Gasteiger partial charge in [-0.25, -0.2) is 4.39 Å². The van der Waals surface area contributed by atoms with E-state index < -0.39 is 0 Å². The fraction of sp³-hybridized carbons (Fsp3) is 0.625. The van der Waals surface area contributed by atoms with Crippen LogP contribution in [-0.4, -0.2) is 39.5 Å². The molecule has 0 aliphatic heterocycles. The van der Waals surface area contributed by atoms with Crippen molar-refractivity contribution in [3.63, 3.8) is 0 Å². The van der Waals surface area contributed by atoms with Crippen molar-refractivity contribution in [1.29, 1.82) is 0 Å². The van der Waals surface area contributed by atoms with Gasteiger partial charge in [-0.2, -0.15) is 0 Å². The van der Waals surface area contributed by atoms with Crippen molar-refractivity contribution >= 4 is 0 Å². The molecule has 0 saturated heterocycles. The van der Waals surface area contributed by atoms with Crippen LogP contribution in [0.25, 0.3) is 0 Å². The average Bonchev–Trinajstić information content (AvgIpc) is 2.41. The van der Waals surface area contributed by atoms with E-state index in [1.54, 1.807) is 19.2 Å². The zero-order chi connectivity index (χ0) is 14.8. The number of hydrogen-bond acceptors (Lipinski definition) is 3. The van der Waals surface area contributed by atoms with E-state index in [4.69, 9.17) is 9.47 Å². The van der Waals surface area contributed by atoms with Crippen LogP contribution in [0.1, 0.15) is 31.7 Å². The highest BCUT2D eigenvalue weighted by Gasteiger charge is 2.12. The van der Waals surface area contributed by atoms with Crippen LogP contribution in [0.15, 0.2) is 24.3 Å². The molecule has 0 aliphatic carbocycles. The largest absolute Gasteiger partial charge is 0.383 e. The third kappa shape index (κ3) is 6.98. The van der Waals surface area contributed by atoms with Crippen molar-refractivity contribution in [2.45, 2.75) is 32.3 Å². The van der Waals surface area contributed by atoms with Crippen LogP contribution in [0.3, 0.4) is 0 Å². The lowest BCUT2D eigenvalue weighted by Crippen LogP contribution is -2.26. The van der Waals surface area contributed by atoms with Gasteiger partial charge < -0.3 is 14.8 Å². The molecule has 1 N–H and O–H groups in total. The molecule has 1 rings (SSSR count). The molecule has 4 heteroatoms. The standard InChI is InChI=1S/C16H26FNO2/c1-13(2)20-9-7-15(12-18-8-10-19-3)14-5-4-6-16(17)11-14/h4-6,11,13,15,18H,7-10,12H2,1-3H3. The zero-order valence-electron chi connectivity index (χ0n) is 12.7. The molecule has 3 nitrogen and oxygen atoms in total. The molecule has 1 aromatic carbocycles. The van der Waals surface area contributed by atoms with Crippen LogP contribution in [0.5, 0.6) is 0 Å². The molecular formula is C16H26FNO2. The number of ether oxygens (including phenoxy) is 2. The Kier molecular flexibility index (Phi) is 8.42. The quantitative estimate of drug-likeness (QED) is 0.670. The lowest BCUT2D eigenvalue weighted by atomic mass is 9.96. The maximum absolute atomic E-state index is 13.3. The lowest BCUT2D eigenvalue weighted by Gasteiger charge is -2.19. The van der Waals surface area contributed by atoms with Gasteiger partial charge in [0.05, 0.1) is 12.7 Å². The summed E-state index contributed by atoms with van der Waals surface area (Å²) in [5.74, 6) is 0.0653. The Labute approximate surface area is 121 Å². The first kappa shape index (κ1) is 17.1. The van der Waals surface area contributed by atoms with Gasteiger partial charge in [0.15, 0.2) is 0 Å². The highest BCUT2D eigenvalue weighted by atomic mass is 19.1. The van der Waals surface area contributed by atoms with Crippen LogP contribution < -0.4 is 5.32 Å². The fourth-order valence-electron chi connectivity index (χ4n) is 2.04. The predicted octanol–water partition coefficient (Wildman–Crippen LogP) is 2.96. The van der Waals surface area contributed by atoms with E-state index in [-0.39, 0.29) is 17.8 Å². The average molecular weight is 283 g/mol. The summed E-state index contributed by atoms with van der Waals surface area (Å²) in [5, 5.41) is 3.34. The molecule has 0 bridgehead atoms. The van der Waals surface area contributed by atoms with Crippen molar-refractivity contribution in [1.82, 2.24) is 5.32 Å². The molecular weight excluding hydrogens is 257 g/mol. The number of nitrogens with one attached hydrogen (secondary N) is 1. The first-order valence-corrected chi connectivity index (χ1v) is 7.20. The Balaban J connectivity index is 2.53. The summed E-state index contributed by atoms with van der Waals surface area (Å²) in [6.07, 6.45) is 1.10. The summed E-state index contributed by atoms with van der Waals surface area (Å²) in [7, 11) is 1.68. The Hall–Kier alpha value is -0.970. The minimum Gasteiger partial charge on any atom is -0.383 e. The second-order valence-corrected chi connectivity index (χ2v) is 5.16. The van der Waals surface area contributed by atoms with Gasteiger partial charge in [0.1, 0.15) is 5.82 Å². The van der Waals surface area contributed by atoms with Crippen molar-refractivity contribution < 1.29 is 13.9 Å². The number of benzene rings is 1. The summed E-state index contributed by atoms with van der Waals surface area (Å²) in [5.41, 5.74) is 1.02. The first-order valence-electron chi connectivity index (χ1n) is 7.20. The van der Waals surface area contributed by atoms with Crippen LogP contribution in [0.2, 0.25) is 0 Å².